The van der Waals surface area contributed by atoms with Gasteiger partial charge in [0.15, 0.2) is 0 Å². The number of fused-ring (bicyclic) bond motifs is 1. The van der Waals surface area contributed by atoms with E-state index in [2.05, 4.69) is 20.8 Å². The highest BCUT2D eigenvalue weighted by Gasteiger charge is 2.61. The lowest BCUT2D eigenvalue weighted by molar-refractivity contribution is -0.150. The van der Waals surface area contributed by atoms with Crippen molar-refractivity contribution in [2.75, 3.05) is 0 Å². The highest BCUT2D eigenvalue weighted by molar-refractivity contribution is 7.18. The molecule has 2 heterocycles. The molecule has 3 atom stereocenters. The fourth-order valence-electron chi connectivity index (χ4n) is 5.28. The molecule has 0 unspecified atom stereocenters. The number of rotatable bonds is 6. The van der Waals surface area contributed by atoms with Gasteiger partial charge < -0.3 is 15.7 Å². The number of carboxylic acids is 1. The van der Waals surface area contributed by atoms with Gasteiger partial charge in [-0.05, 0) is 54.0 Å². The molecule has 1 saturated heterocycles. The molecule has 0 aliphatic carbocycles. The van der Waals surface area contributed by atoms with Gasteiger partial charge in [-0.2, -0.15) is 0 Å². The van der Waals surface area contributed by atoms with E-state index in [1.54, 1.807) is 12.1 Å². The van der Waals surface area contributed by atoms with Gasteiger partial charge in [0.2, 0.25) is 5.91 Å². The van der Waals surface area contributed by atoms with Crippen LogP contribution in [-0.4, -0.2) is 38.3 Å². The lowest BCUT2D eigenvalue weighted by atomic mass is 9.83. The van der Waals surface area contributed by atoms with E-state index in [-0.39, 0.29) is 24.2 Å². The average Bonchev–Trinajstić information content (AvgIpc) is 3.37. The molecule has 0 bridgehead atoms. The van der Waals surface area contributed by atoms with E-state index in [9.17, 15) is 19.5 Å². The number of para-hydroxylation sites is 1. The van der Waals surface area contributed by atoms with Gasteiger partial charge in [-0.1, -0.05) is 58.9 Å². The maximum atomic E-state index is 14.2. The van der Waals surface area contributed by atoms with Crippen LogP contribution in [0.25, 0.3) is 10.2 Å². The number of primary amides is 1. The van der Waals surface area contributed by atoms with Crippen LogP contribution in [-0.2, 0) is 15.0 Å². The first-order valence-electron chi connectivity index (χ1n) is 12.2. The van der Waals surface area contributed by atoms with Crippen molar-refractivity contribution < 1.29 is 19.5 Å². The number of benzene rings is 2. The van der Waals surface area contributed by atoms with Crippen LogP contribution >= 0.6 is 11.3 Å². The largest absolute Gasteiger partial charge is 0.479 e. The number of thiazole rings is 1. The minimum Gasteiger partial charge on any atom is -0.479 e. The first-order valence-corrected chi connectivity index (χ1v) is 13.0. The van der Waals surface area contributed by atoms with Crippen LogP contribution < -0.4 is 5.73 Å². The fraction of sp³-hybridized carbons (Fsp3) is 0.429. The lowest BCUT2D eigenvalue weighted by Gasteiger charge is -2.38. The Hall–Kier alpha value is -3.26. The van der Waals surface area contributed by atoms with Crippen LogP contribution in [0, 0.1) is 11.8 Å². The standard InChI is InChI=1S/C28H33N3O4S/c1-16(2)14-28(26(34)35)15-19(23(29)32)22(24-30-20-8-6-7-9-21(20)36-24)31(28)25(33)17-10-12-18(13-11-17)27(3,4)5/h6-13,16,19,22H,14-15H2,1-5H3,(H2,29,32)(H,34,35)/t19-,22+,28-/m0/s1. The Balaban J connectivity index is 1.91. The van der Waals surface area contributed by atoms with E-state index in [0.717, 1.165) is 15.8 Å². The zero-order valence-electron chi connectivity index (χ0n) is 21.3. The summed E-state index contributed by atoms with van der Waals surface area (Å²) in [5, 5.41) is 11.1. The van der Waals surface area contributed by atoms with Crippen LogP contribution in [0.3, 0.4) is 0 Å². The Morgan fingerprint density at radius 2 is 1.78 bits per heavy atom. The van der Waals surface area contributed by atoms with Crippen LogP contribution in [0.5, 0.6) is 0 Å². The number of carboxylic acid groups (broad SMARTS) is 1. The Labute approximate surface area is 215 Å². The molecular weight excluding hydrogens is 474 g/mol. The fourth-order valence-corrected chi connectivity index (χ4v) is 6.41. The highest BCUT2D eigenvalue weighted by atomic mass is 32.1. The Morgan fingerprint density at radius 1 is 1.14 bits per heavy atom. The molecule has 1 aromatic heterocycles. The molecule has 0 saturated carbocycles. The van der Waals surface area contributed by atoms with Crippen LogP contribution in [0.4, 0.5) is 0 Å². The Bertz CT molecular complexity index is 1280. The molecule has 1 fully saturated rings. The molecule has 2 aromatic carbocycles. The summed E-state index contributed by atoms with van der Waals surface area (Å²) < 4.78 is 0.898. The molecule has 190 valence electrons. The average molecular weight is 508 g/mol. The molecule has 2 amide bonds. The molecule has 0 spiro atoms. The van der Waals surface area contributed by atoms with Crippen molar-refractivity contribution in [2.24, 2.45) is 17.6 Å². The zero-order valence-corrected chi connectivity index (χ0v) is 22.1. The second kappa shape index (κ2) is 9.32. The number of amides is 2. The maximum absolute atomic E-state index is 14.2. The van der Waals surface area contributed by atoms with Crippen molar-refractivity contribution in [2.45, 2.75) is 64.5 Å². The van der Waals surface area contributed by atoms with Crippen molar-refractivity contribution in [3.8, 4) is 0 Å². The minimum atomic E-state index is -1.59. The number of carbonyl (C=O) groups excluding carboxylic acids is 2. The normalized spacial score (nSPS) is 22.3. The van der Waals surface area contributed by atoms with Crippen LogP contribution in [0.15, 0.2) is 48.5 Å². The van der Waals surface area contributed by atoms with E-state index < -0.39 is 35.3 Å². The summed E-state index contributed by atoms with van der Waals surface area (Å²) in [7, 11) is 0. The third kappa shape index (κ3) is 4.50. The Morgan fingerprint density at radius 3 is 2.31 bits per heavy atom. The molecule has 1 aliphatic heterocycles. The van der Waals surface area contributed by atoms with Gasteiger partial charge in [-0.15, -0.1) is 11.3 Å². The predicted octanol–water partition coefficient (Wildman–Crippen LogP) is 5.15. The van der Waals surface area contributed by atoms with E-state index >= 15 is 0 Å². The SMILES string of the molecule is CC(C)C[C@@]1(C(=O)O)C[C@H](C(N)=O)[C@H](c2nc3ccccc3s2)N1C(=O)c1ccc(C(C)(C)C)cc1. The Kier molecular flexibility index (Phi) is 6.68. The number of hydrogen-bond donors (Lipinski definition) is 2. The second-order valence-corrected chi connectivity index (χ2v) is 12.2. The molecule has 1 aliphatic rings. The second-order valence-electron chi connectivity index (χ2n) is 11.1. The van der Waals surface area contributed by atoms with E-state index in [0.29, 0.717) is 10.6 Å². The number of aliphatic carboxylic acids is 1. The van der Waals surface area contributed by atoms with Crippen molar-refractivity contribution in [1.82, 2.24) is 9.88 Å². The highest BCUT2D eigenvalue weighted by Crippen LogP contribution is 2.51. The van der Waals surface area contributed by atoms with E-state index in [1.165, 1.54) is 16.2 Å². The first-order chi connectivity index (χ1) is 16.8. The van der Waals surface area contributed by atoms with Gasteiger partial charge in [-0.3, -0.25) is 9.59 Å². The summed E-state index contributed by atoms with van der Waals surface area (Å²) in [5.41, 5.74) is 6.33. The number of hydrogen-bond acceptors (Lipinski definition) is 5. The van der Waals surface area contributed by atoms with Crippen molar-refractivity contribution in [3.63, 3.8) is 0 Å². The van der Waals surface area contributed by atoms with Gasteiger partial charge in [0, 0.05) is 5.56 Å². The quantitative estimate of drug-likeness (QED) is 0.479. The van der Waals surface area contributed by atoms with Crippen molar-refractivity contribution in [1.29, 1.82) is 0 Å². The van der Waals surface area contributed by atoms with Crippen molar-refractivity contribution in [3.05, 3.63) is 64.7 Å². The molecule has 8 heteroatoms. The molecule has 0 radical (unpaired) electrons. The predicted molar refractivity (Wildman–Crippen MR) is 141 cm³/mol. The lowest BCUT2D eigenvalue weighted by Crippen LogP contribution is -2.54. The summed E-state index contributed by atoms with van der Waals surface area (Å²) in [6, 6.07) is 13.9. The number of likely N-dealkylation sites (tertiary alicyclic amines) is 1. The topological polar surface area (TPSA) is 114 Å². The molecular formula is C28H33N3O4S. The first kappa shape index (κ1) is 25.8. The summed E-state index contributed by atoms with van der Waals surface area (Å²) in [6.07, 6.45) is 0.140. The smallest absolute Gasteiger partial charge is 0.329 e. The molecule has 3 aromatic rings. The maximum Gasteiger partial charge on any atom is 0.329 e. The number of nitrogens with two attached hydrogens (primary N) is 1. The number of nitrogens with zero attached hydrogens (tertiary/aromatic N) is 2. The van der Waals surface area contributed by atoms with E-state index in [4.69, 9.17) is 10.7 Å². The van der Waals surface area contributed by atoms with Gasteiger partial charge >= 0.3 is 5.97 Å². The zero-order chi connectivity index (χ0) is 26.4. The van der Waals surface area contributed by atoms with Gasteiger partial charge in [-0.25, -0.2) is 9.78 Å². The van der Waals surface area contributed by atoms with Crippen molar-refractivity contribution >= 4 is 39.3 Å². The third-order valence-corrected chi connectivity index (χ3v) is 8.07. The van der Waals surface area contributed by atoms with Gasteiger partial charge in [0.1, 0.15) is 10.5 Å². The molecule has 36 heavy (non-hydrogen) atoms. The summed E-state index contributed by atoms with van der Waals surface area (Å²) in [4.78, 5) is 46.0. The monoisotopic (exact) mass is 507 g/mol. The van der Waals surface area contributed by atoms with Gasteiger partial charge in [0.25, 0.3) is 5.91 Å². The minimum absolute atomic E-state index is 0.0395. The van der Waals surface area contributed by atoms with Crippen LogP contribution in [0.1, 0.15) is 74.4 Å². The summed E-state index contributed by atoms with van der Waals surface area (Å²) in [6.45, 7) is 10.1. The van der Waals surface area contributed by atoms with E-state index in [1.807, 2.05) is 50.2 Å². The molecule has 7 nitrogen and oxygen atoms in total. The number of aromatic nitrogens is 1. The molecule has 4 rings (SSSR count). The van der Waals surface area contributed by atoms with Gasteiger partial charge in [0.05, 0.1) is 22.2 Å². The third-order valence-electron chi connectivity index (χ3n) is 6.97. The summed E-state index contributed by atoms with van der Waals surface area (Å²) in [5.74, 6) is -3.12. The molecule has 3 N–H and O–H groups in total. The number of carbonyl (C=O) groups is 3. The van der Waals surface area contributed by atoms with Crippen LogP contribution in [0.2, 0.25) is 0 Å². The summed E-state index contributed by atoms with van der Waals surface area (Å²) >= 11 is 1.36.